The van der Waals surface area contributed by atoms with Gasteiger partial charge >= 0.3 is 0 Å². The molecule has 1 aliphatic heterocycles. The number of anilines is 1. The van der Waals surface area contributed by atoms with Gasteiger partial charge in [0.1, 0.15) is 5.82 Å². The van der Waals surface area contributed by atoms with Crippen LogP contribution < -0.4 is 24.3 Å². The van der Waals surface area contributed by atoms with E-state index in [1.165, 1.54) is 0 Å². The quantitative estimate of drug-likeness (QED) is 0.446. The van der Waals surface area contributed by atoms with E-state index in [4.69, 9.17) is 18.9 Å². The fourth-order valence-corrected chi connectivity index (χ4v) is 3.54. The van der Waals surface area contributed by atoms with Gasteiger partial charge in [0.05, 0.1) is 34.1 Å². The second-order valence-electron chi connectivity index (χ2n) is 6.36. The Labute approximate surface area is 162 Å². The third kappa shape index (κ3) is 2.85. The molecule has 146 valence electrons. The van der Waals surface area contributed by atoms with E-state index in [9.17, 15) is 0 Å². The fourth-order valence-electron chi connectivity index (χ4n) is 3.54. The number of H-pyrrole nitrogens is 2. The molecular weight excluding hydrogens is 358 g/mol. The summed E-state index contributed by atoms with van der Waals surface area (Å²) in [4.78, 5) is 0. The van der Waals surface area contributed by atoms with Crippen molar-refractivity contribution >= 4 is 16.6 Å². The van der Waals surface area contributed by atoms with Crippen LogP contribution in [0.25, 0.3) is 22.0 Å². The maximum absolute atomic E-state index is 5.51. The third-order valence-electron chi connectivity index (χ3n) is 4.92. The monoisotopic (exact) mass is 381 g/mol. The number of nitrogens with one attached hydrogen (secondary N) is 3. The fraction of sp³-hybridized carbons (Fsp3) is 0.238. The molecule has 28 heavy (non-hydrogen) atoms. The lowest BCUT2D eigenvalue weighted by molar-refractivity contribution is 0.352. The standard InChI is InChI=1S/C21H23N3O4/c1-25-16-7-5-6-12(20(16)28-4)11-22-21-15-8-13-9-17(26-2)18(27-3)10-14(13)19(15)23-24-21/h5-10,22-24H,11H2,1-4H3. The molecular formula is C21H23N3O4. The zero-order valence-corrected chi connectivity index (χ0v) is 16.3. The Hall–Kier alpha value is -3.48. The van der Waals surface area contributed by atoms with Crippen LogP contribution in [0.2, 0.25) is 0 Å². The third-order valence-corrected chi connectivity index (χ3v) is 4.92. The molecule has 0 spiro atoms. The van der Waals surface area contributed by atoms with Gasteiger partial charge in [-0.15, -0.1) is 0 Å². The molecule has 0 atom stereocenters. The Balaban J connectivity index is 1.66. The molecule has 0 saturated carbocycles. The van der Waals surface area contributed by atoms with Crippen LogP contribution in [0.5, 0.6) is 23.0 Å². The highest BCUT2D eigenvalue weighted by Crippen LogP contribution is 2.42. The molecule has 0 fully saturated rings. The minimum atomic E-state index is 0.581. The predicted molar refractivity (Wildman–Crippen MR) is 109 cm³/mol. The van der Waals surface area contributed by atoms with E-state index in [1.54, 1.807) is 28.4 Å². The first kappa shape index (κ1) is 17.9. The molecule has 0 bridgehead atoms. The molecule has 0 amide bonds. The van der Waals surface area contributed by atoms with Crippen LogP contribution in [0.15, 0.2) is 36.4 Å². The first-order chi connectivity index (χ1) is 13.7. The first-order valence-corrected chi connectivity index (χ1v) is 8.88. The van der Waals surface area contributed by atoms with E-state index in [1.807, 2.05) is 30.3 Å². The van der Waals surface area contributed by atoms with E-state index in [0.717, 1.165) is 39.2 Å². The van der Waals surface area contributed by atoms with Gasteiger partial charge in [-0.1, -0.05) is 12.1 Å². The van der Waals surface area contributed by atoms with E-state index in [2.05, 4.69) is 21.6 Å². The lowest BCUT2D eigenvalue weighted by atomic mass is 10.1. The van der Waals surface area contributed by atoms with Crippen molar-refractivity contribution in [2.45, 2.75) is 6.54 Å². The van der Waals surface area contributed by atoms with Crippen molar-refractivity contribution in [2.75, 3.05) is 33.8 Å². The van der Waals surface area contributed by atoms with E-state index in [-0.39, 0.29) is 0 Å². The van der Waals surface area contributed by atoms with E-state index >= 15 is 0 Å². The normalized spacial score (nSPS) is 11.0. The second kappa shape index (κ2) is 7.26. The number of ether oxygens (including phenoxy) is 4. The average Bonchev–Trinajstić information content (AvgIpc) is 3.29. The Bertz CT molecular complexity index is 1080. The SMILES string of the molecule is COc1cc2cc3c(NCc4cccc(OC)c4OC)[nH][nH]c-3c2cc1OC. The molecule has 7 nitrogen and oxygen atoms in total. The molecule has 0 saturated heterocycles. The number of fused-ring (bicyclic) bond motifs is 3. The Morgan fingerprint density at radius 3 is 2.29 bits per heavy atom. The van der Waals surface area contributed by atoms with Crippen molar-refractivity contribution in [1.29, 1.82) is 0 Å². The van der Waals surface area contributed by atoms with Crippen molar-refractivity contribution < 1.29 is 18.9 Å². The molecule has 3 N–H and O–H groups in total. The topological polar surface area (TPSA) is 80.5 Å². The van der Waals surface area contributed by atoms with Crippen LogP contribution in [-0.2, 0) is 6.54 Å². The summed E-state index contributed by atoms with van der Waals surface area (Å²) >= 11 is 0. The molecule has 1 heterocycles. The number of hydrogen-bond acceptors (Lipinski definition) is 5. The molecule has 2 aromatic rings. The minimum Gasteiger partial charge on any atom is -0.493 e. The Morgan fingerprint density at radius 1 is 0.821 bits per heavy atom. The lowest BCUT2D eigenvalue weighted by Crippen LogP contribution is -2.03. The van der Waals surface area contributed by atoms with Crippen LogP contribution in [-0.4, -0.2) is 38.6 Å². The van der Waals surface area contributed by atoms with Gasteiger partial charge in [0.15, 0.2) is 23.0 Å². The largest absolute Gasteiger partial charge is 0.493 e. The van der Waals surface area contributed by atoms with Crippen LogP contribution >= 0.6 is 0 Å². The number of aromatic amines is 2. The summed E-state index contributed by atoms with van der Waals surface area (Å²) in [6, 6.07) is 11.9. The van der Waals surface area contributed by atoms with Crippen LogP contribution in [0, 0.1) is 0 Å². The van der Waals surface area contributed by atoms with Crippen molar-refractivity contribution in [2.24, 2.45) is 0 Å². The summed E-state index contributed by atoms with van der Waals surface area (Å²) < 4.78 is 21.7. The summed E-state index contributed by atoms with van der Waals surface area (Å²) in [5.74, 6) is 3.75. The van der Waals surface area contributed by atoms with Gasteiger partial charge in [-0.05, 0) is 29.7 Å². The van der Waals surface area contributed by atoms with Gasteiger partial charge in [0.2, 0.25) is 0 Å². The summed E-state index contributed by atoms with van der Waals surface area (Å²) in [5.41, 5.74) is 3.08. The molecule has 0 aromatic heterocycles. The van der Waals surface area contributed by atoms with Crippen molar-refractivity contribution in [3.63, 3.8) is 0 Å². The average molecular weight is 381 g/mol. The number of rotatable bonds is 7. The number of benzene rings is 2. The Morgan fingerprint density at radius 2 is 1.57 bits per heavy atom. The van der Waals surface area contributed by atoms with E-state index < -0.39 is 0 Å². The summed E-state index contributed by atoms with van der Waals surface area (Å²) in [5, 5.41) is 12.0. The molecule has 2 aromatic carbocycles. The maximum atomic E-state index is 5.51. The smallest absolute Gasteiger partial charge is 0.165 e. The predicted octanol–water partition coefficient (Wildman–Crippen LogP) is 4.25. The Kier molecular flexibility index (Phi) is 4.65. The van der Waals surface area contributed by atoms with Gasteiger partial charge < -0.3 is 24.3 Å². The molecule has 0 radical (unpaired) electrons. The van der Waals surface area contributed by atoms with Crippen LogP contribution in [0.4, 0.5) is 5.82 Å². The summed E-state index contributed by atoms with van der Waals surface area (Å²) in [6.45, 7) is 0.581. The van der Waals surface area contributed by atoms with Gasteiger partial charge in [-0.25, -0.2) is 0 Å². The van der Waals surface area contributed by atoms with Gasteiger partial charge in [0, 0.05) is 23.1 Å². The number of para-hydroxylation sites is 1. The zero-order valence-electron chi connectivity index (χ0n) is 16.3. The van der Waals surface area contributed by atoms with Crippen molar-refractivity contribution in [3.05, 3.63) is 42.0 Å². The van der Waals surface area contributed by atoms with Gasteiger partial charge in [0.25, 0.3) is 0 Å². The molecule has 0 unspecified atom stereocenters. The summed E-state index contributed by atoms with van der Waals surface area (Å²) in [7, 11) is 6.56. The zero-order chi connectivity index (χ0) is 19.7. The molecule has 4 rings (SSSR count). The van der Waals surface area contributed by atoms with Gasteiger partial charge in [-0.2, -0.15) is 0 Å². The minimum absolute atomic E-state index is 0.581. The highest BCUT2D eigenvalue weighted by atomic mass is 16.5. The van der Waals surface area contributed by atoms with Crippen LogP contribution in [0.3, 0.4) is 0 Å². The van der Waals surface area contributed by atoms with Crippen molar-refractivity contribution in [1.82, 2.24) is 10.2 Å². The van der Waals surface area contributed by atoms with E-state index in [0.29, 0.717) is 23.8 Å². The number of aromatic nitrogens is 2. The lowest BCUT2D eigenvalue weighted by Gasteiger charge is -2.13. The molecule has 7 heteroatoms. The van der Waals surface area contributed by atoms with Crippen molar-refractivity contribution in [3.8, 4) is 34.3 Å². The summed E-state index contributed by atoms with van der Waals surface area (Å²) in [6.07, 6.45) is 0. The second-order valence-corrected chi connectivity index (χ2v) is 6.36. The maximum Gasteiger partial charge on any atom is 0.165 e. The van der Waals surface area contributed by atoms with Crippen LogP contribution in [0.1, 0.15) is 5.56 Å². The number of methoxy groups -OCH3 is 4. The molecule has 1 aliphatic carbocycles. The highest BCUT2D eigenvalue weighted by Gasteiger charge is 2.19. The molecule has 2 aliphatic rings. The number of hydrogen-bond donors (Lipinski definition) is 3. The highest BCUT2D eigenvalue weighted by molar-refractivity contribution is 6.05. The first-order valence-electron chi connectivity index (χ1n) is 8.88. The van der Waals surface area contributed by atoms with Gasteiger partial charge in [-0.3, -0.25) is 10.2 Å².